The smallest absolute Gasteiger partial charge is 0.413 e. The molecule has 1 unspecified atom stereocenters. The highest BCUT2D eigenvalue weighted by Crippen LogP contribution is 2.31. The summed E-state index contributed by atoms with van der Waals surface area (Å²) in [6.07, 6.45) is 7.65. The van der Waals surface area contributed by atoms with Gasteiger partial charge in [-0.15, -0.1) is 0 Å². The van der Waals surface area contributed by atoms with Gasteiger partial charge in [-0.2, -0.15) is 5.26 Å². The lowest BCUT2D eigenvalue weighted by molar-refractivity contribution is -0.136. The number of likely N-dealkylation sites (N-methyl/N-ethyl adjacent to an activating group) is 1. The number of carbonyl (C=O) groups excluding carboxylic acids is 2. The van der Waals surface area contributed by atoms with Crippen molar-refractivity contribution in [2.75, 3.05) is 53.0 Å². The number of morpholine rings is 1. The van der Waals surface area contributed by atoms with Gasteiger partial charge in [-0.05, 0) is 44.7 Å². The number of alkyl carbamates (subject to hydrolysis) is 1. The van der Waals surface area contributed by atoms with Gasteiger partial charge in [0.05, 0.1) is 25.9 Å². The molecule has 10 nitrogen and oxygen atoms in total. The summed E-state index contributed by atoms with van der Waals surface area (Å²) in [6.45, 7) is 5.84. The fraction of sp³-hybridized carbons (Fsp3) is 0.840. The maximum Gasteiger partial charge on any atom is 0.413 e. The summed E-state index contributed by atoms with van der Waals surface area (Å²) < 4.78 is 10.7. The first kappa shape index (κ1) is 27.2. The average Bonchev–Trinajstić information content (AvgIpc) is 2.91. The maximum absolute atomic E-state index is 13.9. The van der Waals surface area contributed by atoms with Crippen LogP contribution in [0, 0.1) is 17.2 Å². The van der Waals surface area contributed by atoms with E-state index in [1.54, 1.807) is 11.9 Å². The third-order valence-corrected chi connectivity index (χ3v) is 7.42. The number of piperidine rings is 1. The second-order valence-electron chi connectivity index (χ2n) is 9.86. The molecule has 0 bridgehead atoms. The van der Waals surface area contributed by atoms with Crippen LogP contribution in [0.1, 0.15) is 64.7 Å². The normalized spacial score (nSPS) is 22.1. The minimum absolute atomic E-state index is 0.159. The van der Waals surface area contributed by atoms with Crippen LogP contribution in [0.15, 0.2) is 4.99 Å². The van der Waals surface area contributed by atoms with E-state index in [1.165, 1.54) is 6.42 Å². The standard InChI is InChI=1S/C25H42N6O4/c1-3-15-35-24(33)29-23(31-13-16-34-17-14-31)28-21(18-20-7-5-4-6-8-20)22(32)30(2)25(19-26)9-11-27-12-10-25/h20-21,27H,3-18H2,1-2H3,(H,28,29,33). The molecule has 2 aliphatic heterocycles. The number of amides is 2. The Morgan fingerprint density at radius 3 is 2.57 bits per heavy atom. The number of nitriles is 1. The number of hydrogen-bond acceptors (Lipinski definition) is 7. The van der Waals surface area contributed by atoms with Gasteiger partial charge in [0.25, 0.3) is 0 Å². The topological polar surface area (TPSA) is 119 Å². The molecule has 35 heavy (non-hydrogen) atoms. The molecule has 3 fully saturated rings. The molecule has 0 aromatic heterocycles. The first-order valence-electron chi connectivity index (χ1n) is 13.2. The van der Waals surface area contributed by atoms with Gasteiger partial charge >= 0.3 is 6.09 Å². The van der Waals surface area contributed by atoms with Gasteiger partial charge in [0.1, 0.15) is 11.6 Å². The number of nitrogens with one attached hydrogen (secondary N) is 2. The molecule has 196 valence electrons. The third kappa shape index (κ3) is 7.55. The maximum atomic E-state index is 13.9. The van der Waals surface area contributed by atoms with Crippen LogP contribution in [0.3, 0.4) is 0 Å². The lowest BCUT2D eigenvalue weighted by atomic mass is 9.83. The molecule has 2 amide bonds. The van der Waals surface area contributed by atoms with Crippen LogP contribution in [0.4, 0.5) is 4.79 Å². The quantitative estimate of drug-likeness (QED) is 0.415. The van der Waals surface area contributed by atoms with Crippen molar-refractivity contribution in [2.45, 2.75) is 76.3 Å². The molecule has 1 aliphatic carbocycles. The molecule has 2 N–H and O–H groups in total. The number of rotatable bonds is 7. The molecule has 2 heterocycles. The molecule has 10 heteroatoms. The molecular formula is C25H42N6O4. The molecule has 0 aromatic carbocycles. The number of aliphatic imine (C=N–C) groups is 1. The van der Waals surface area contributed by atoms with Gasteiger partial charge in [-0.3, -0.25) is 10.1 Å². The molecule has 3 rings (SSSR count). The van der Waals surface area contributed by atoms with E-state index in [0.29, 0.717) is 77.1 Å². The van der Waals surface area contributed by atoms with Gasteiger partial charge in [0.2, 0.25) is 11.9 Å². The predicted molar refractivity (Wildman–Crippen MR) is 133 cm³/mol. The van der Waals surface area contributed by atoms with Crippen molar-refractivity contribution >= 4 is 18.0 Å². The van der Waals surface area contributed by atoms with Crippen molar-refractivity contribution in [3.8, 4) is 6.07 Å². The van der Waals surface area contributed by atoms with Crippen molar-refractivity contribution in [2.24, 2.45) is 10.9 Å². The van der Waals surface area contributed by atoms with Crippen molar-refractivity contribution in [3.63, 3.8) is 0 Å². The van der Waals surface area contributed by atoms with Gasteiger partial charge in [-0.25, -0.2) is 9.79 Å². The van der Waals surface area contributed by atoms with Crippen LogP contribution in [0.25, 0.3) is 0 Å². The zero-order valence-electron chi connectivity index (χ0n) is 21.4. The van der Waals surface area contributed by atoms with Crippen LogP contribution in [0.2, 0.25) is 0 Å². The van der Waals surface area contributed by atoms with E-state index in [4.69, 9.17) is 14.5 Å². The minimum Gasteiger partial charge on any atom is -0.449 e. The van der Waals surface area contributed by atoms with Crippen molar-refractivity contribution in [1.29, 1.82) is 5.26 Å². The SMILES string of the molecule is CCCOC(=O)NC(=NC(CC1CCCCC1)C(=O)N(C)C1(C#N)CCNCC1)N1CCOCC1. The first-order chi connectivity index (χ1) is 17.0. The third-order valence-electron chi connectivity index (χ3n) is 7.42. The van der Waals surface area contributed by atoms with Crippen LogP contribution in [-0.4, -0.2) is 92.4 Å². The molecule has 3 aliphatic rings. The highest BCUT2D eigenvalue weighted by molar-refractivity contribution is 5.96. The summed E-state index contributed by atoms with van der Waals surface area (Å²) >= 11 is 0. The number of guanidine groups is 1. The number of ether oxygens (including phenoxy) is 2. The molecule has 0 spiro atoms. The highest BCUT2D eigenvalue weighted by Gasteiger charge is 2.41. The predicted octanol–water partition coefficient (Wildman–Crippen LogP) is 2.25. The molecule has 0 radical (unpaired) electrons. The monoisotopic (exact) mass is 490 g/mol. The van der Waals surface area contributed by atoms with E-state index in [2.05, 4.69) is 16.7 Å². The van der Waals surface area contributed by atoms with E-state index in [9.17, 15) is 14.9 Å². The lowest BCUT2D eigenvalue weighted by Crippen LogP contribution is -2.57. The lowest BCUT2D eigenvalue weighted by Gasteiger charge is -2.41. The molecule has 1 saturated carbocycles. The van der Waals surface area contributed by atoms with Gasteiger partial charge in [0.15, 0.2) is 0 Å². The Bertz CT molecular complexity index is 764. The largest absolute Gasteiger partial charge is 0.449 e. The Morgan fingerprint density at radius 2 is 1.94 bits per heavy atom. The highest BCUT2D eigenvalue weighted by atomic mass is 16.5. The number of hydrogen-bond donors (Lipinski definition) is 2. The fourth-order valence-electron chi connectivity index (χ4n) is 5.18. The Kier molecular flexibility index (Phi) is 10.6. The summed E-state index contributed by atoms with van der Waals surface area (Å²) in [5.41, 5.74) is -0.838. The second kappa shape index (κ2) is 13.6. The van der Waals surface area contributed by atoms with Gasteiger partial charge in [0, 0.05) is 20.1 Å². The van der Waals surface area contributed by atoms with Crippen molar-refractivity contribution in [3.05, 3.63) is 0 Å². The van der Waals surface area contributed by atoms with Crippen LogP contribution < -0.4 is 10.6 Å². The molecule has 1 atom stereocenters. The number of nitrogens with zero attached hydrogens (tertiary/aromatic N) is 4. The van der Waals surface area contributed by atoms with Crippen molar-refractivity contribution in [1.82, 2.24) is 20.4 Å². The number of carbonyl (C=O) groups is 2. The van der Waals surface area contributed by atoms with Crippen LogP contribution >= 0.6 is 0 Å². The molecular weight excluding hydrogens is 448 g/mol. The van der Waals surface area contributed by atoms with Gasteiger partial charge < -0.3 is 24.6 Å². The summed E-state index contributed by atoms with van der Waals surface area (Å²) in [7, 11) is 1.73. The second-order valence-corrected chi connectivity index (χ2v) is 9.86. The summed E-state index contributed by atoms with van der Waals surface area (Å²) in [4.78, 5) is 34.8. The Morgan fingerprint density at radius 1 is 1.26 bits per heavy atom. The fourth-order valence-corrected chi connectivity index (χ4v) is 5.18. The molecule has 0 aromatic rings. The Hall–Kier alpha value is -2.38. The first-order valence-corrected chi connectivity index (χ1v) is 13.2. The van der Waals surface area contributed by atoms with Gasteiger partial charge in [-0.1, -0.05) is 39.0 Å². The van der Waals surface area contributed by atoms with E-state index >= 15 is 0 Å². The average molecular weight is 491 g/mol. The zero-order chi connectivity index (χ0) is 25.1. The van der Waals surface area contributed by atoms with Crippen LogP contribution in [0.5, 0.6) is 0 Å². The minimum atomic E-state index is -0.838. The summed E-state index contributed by atoms with van der Waals surface area (Å²) in [6, 6.07) is 1.76. The van der Waals surface area contributed by atoms with E-state index in [1.807, 2.05) is 11.8 Å². The summed E-state index contributed by atoms with van der Waals surface area (Å²) in [5.74, 6) is 0.598. The van der Waals surface area contributed by atoms with Crippen LogP contribution in [-0.2, 0) is 14.3 Å². The Labute approximate surface area is 209 Å². The van der Waals surface area contributed by atoms with E-state index in [0.717, 1.165) is 32.1 Å². The van der Waals surface area contributed by atoms with E-state index < -0.39 is 17.7 Å². The Balaban J connectivity index is 1.88. The van der Waals surface area contributed by atoms with E-state index in [-0.39, 0.29) is 5.91 Å². The zero-order valence-corrected chi connectivity index (χ0v) is 21.4. The summed E-state index contributed by atoms with van der Waals surface area (Å²) in [5, 5.41) is 16.1. The van der Waals surface area contributed by atoms with Crippen molar-refractivity contribution < 1.29 is 19.1 Å². The molecule has 2 saturated heterocycles.